The molecule has 0 radical (unpaired) electrons. The Morgan fingerprint density at radius 2 is 1.69 bits per heavy atom. The van der Waals surface area contributed by atoms with Gasteiger partial charge in [-0.05, 0) is 45.0 Å². The van der Waals surface area contributed by atoms with Gasteiger partial charge in [0.2, 0.25) is 11.3 Å². The van der Waals surface area contributed by atoms with Crippen molar-refractivity contribution in [1.29, 1.82) is 0 Å². The normalized spacial score (nSPS) is 14.8. The maximum atomic E-state index is 12.5. The number of carbonyl (C=O) groups excluding carboxylic acids is 1. The van der Waals surface area contributed by atoms with Crippen molar-refractivity contribution >= 4 is 11.6 Å². The molecule has 1 amide bonds. The highest BCUT2D eigenvalue weighted by Gasteiger charge is 2.20. The molecular formula is C24H34N4O4. The summed E-state index contributed by atoms with van der Waals surface area (Å²) < 4.78 is 12.3. The van der Waals surface area contributed by atoms with Crippen molar-refractivity contribution in [3.8, 4) is 11.5 Å². The number of hydrogen-bond donors (Lipinski definition) is 1. The molecule has 0 unspecified atom stereocenters. The lowest BCUT2D eigenvalue weighted by Gasteiger charge is -2.36. The smallest absolute Gasteiger partial charge is 0.240 e. The minimum atomic E-state index is -0.321. The van der Waals surface area contributed by atoms with E-state index in [1.807, 2.05) is 37.5 Å². The van der Waals surface area contributed by atoms with E-state index < -0.39 is 0 Å². The predicted molar refractivity (Wildman–Crippen MR) is 126 cm³/mol. The molecule has 8 heteroatoms. The van der Waals surface area contributed by atoms with Gasteiger partial charge in [0.05, 0.1) is 20.4 Å². The third kappa shape index (κ3) is 6.26. The molecule has 1 fully saturated rings. The van der Waals surface area contributed by atoms with Crippen LogP contribution in [0.1, 0.15) is 26.5 Å². The van der Waals surface area contributed by atoms with Crippen LogP contribution in [0.25, 0.3) is 0 Å². The highest BCUT2D eigenvalue weighted by atomic mass is 16.5. The molecule has 1 saturated heterocycles. The number of aromatic nitrogens is 1. The molecule has 0 aliphatic carbocycles. The molecule has 0 bridgehead atoms. The third-order valence-corrected chi connectivity index (χ3v) is 5.43. The summed E-state index contributed by atoms with van der Waals surface area (Å²) in [5.74, 6) is 0.982. The largest absolute Gasteiger partial charge is 0.497 e. The first kappa shape index (κ1) is 23.7. The number of hydrogen-bond acceptors (Lipinski definition) is 6. The lowest BCUT2D eigenvalue weighted by Crippen LogP contribution is -2.46. The number of methoxy groups -OCH3 is 2. The van der Waals surface area contributed by atoms with Crippen LogP contribution < -0.4 is 25.1 Å². The second kappa shape index (κ2) is 10.1. The summed E-state index contributed by atoms with van der Waals surface area (Å²) in [6.07, 6.45) is 1.63. The van der Waals surface area contributed by atoms with E-state index in [0.717, 1.165) is 37.6 Å². The van der Waals surface area contributed by atoms with Crippen LogP contribution in [0, 0.1) is 0 Å². The van der Waals surface area contributed by atoms with Crippen LogP contribution in [0.2, 0.25) is 0 Å². The van der Waals surface area contributed by atoms with Crippen LogP contribution in [0.4, 0.5) is 5.69 Å². The monoisotopic (exact) mass is 442 g/mol. The van der Waals surface area contributed by atoms with Crippen molar-refractivity contribution in [1.82, 2.24) is 14.8 Å². The minimum absolute atomic E-state index is 0.103. The summed E-state index contributed by atoms with van der Waals surface area (Å²) in [7, 11) is 3.13. The van der Waals surface area contributed by atoms with Gasteiger partial charge in [0, 0.05) is 55.7 Å². The number of nitrogens with one attached hydrogen (secondary N) is 1. The maximum Gasteiger partial charge on any atom is 0.240 e. The quantitative estimate of drug-likeness (QED) is 0.708. The molecule has 1 N–H and O–H groups in total. The molecule has 0 spiro atoms. The van der Waals surface area contributed by atoms with Crippen molar-refractivity contribution in [3.63, 3.8) is 0 Å². The molecule has 3 rings (SSSR count). The number of anilines is 1. The van der Waals surface area contributed by atoms with Crippen molar-refractivity contribution in [2.24, 2.45) is 0 Å². The first-order valence-corrected chi connectivity index (χ1v) is 10.9. The average Bonchev–Trinajstić information content (AvgIpc) is 2.75. The zero-order chi connectivity index (χ0) is 23.3. The van der Waals surface area contributed by atoms with Crippen LogP contribution in [-0.4, -0.2) is 61.3 Å². The Kier molecular flexibility index (Phi) is 7.45. The SMILES string of the molecule is COc1ccc(N2CCN(Cc3cc(=O)c(OC)cn3CC(=O)NC(C)(C)C)CC2)cc1. The van der Waals surface area contributed by atoms with Gasteiger partial charge < -0.3 is 24.3 Å². The zero-order valence-electron chi connectivity index (χ0n) is 19.7. The first-order chi connectivity index (χ1) is 15.2. The molecule has 1 aromatic heterocycles. The fourth-order valence-corrected chi connectivity index (χ4v) is 3.83. The second-order valence-corrected chi connectivity index (χ2v) is 9.08. The van der Waals surface area contributed by atoms with Gasteiger partial charge in [-0.1, -0.05) is 0 Å². The van der Waals surface area contributed by atoms with E-state index in [1.54, 1.807) is 19.4 Å². The number of nitrogens with zero attached hydrogens (tertiary/aromatic N) is 3. The van der Waals surface area contributed by atoms with Gasteiger partial charge in [-0.2, -0.15) is 0 Å². The lowest BCUT2D eigenvalue weighted by molar-refractivity contribution is -0.123. The Hall–Kier alpha value is -3.00. The zero-order valence-corrected chi connectivity index (χ0v) is 19.7. The highest BCUT2D eigenvalue weighted by molar-refractivity contribution is 5.76. The third-order valence-electron chi connectivity index (χ3n) is 5.43. The molecule has 8 nitrogen and oxygen atoms in total. The van der Waals surface area contributed by atoms with E-state index in [-0.39, 0.29) is 29.2 Å². The summed E-state index contributed by atoms with van der Waals surface area (Å²) in [6.45, 7) is 10.1. The van der Waals surface area contributed by atoms with Crippen molar-refractivity contribution < 1.29 is 14.3 Å². The lowest BCUT2D eigenvalue weighted by atomic mass is 10.1. The fraction of sp³-hybridized carbons (Fsp3) is 0.500. The number of amides is 1. The Morgan fingerprint density at radius 1 is 1.03 bits per heavy atom. The highest BCUT2D eigenvalue weighted by Crippen LogP contribution is 2.21. The Morgan fingerprint density at radius 3 is 2.25 bits per heavy atom. The van der Waals surface area contributed by atoms with E-state index in [0.29, 0.717) is 6.54 Å². The number of pyridine rings is 1. The van der Waals surface area contributed by atoms with Gasteiger partial charge in [0.25, 0.3) is 0 Å². The summed E-state index contributed by atoms with van der Waals surface area (Å²) in [4.78, 5) is 29.6. The predicted octanol–water partition coefficient (Wildman–Crippen LogP) is 2.10. The summed E-state index contributed by atoms with van der Waals surface area (Å²) in [5.41, 5.74) is 1.48. The molecule has 174 valence electrons. The van der Waals surface area contributed by atoms with Crippen molar-refractivity contribution in [2.45, 2.75) is 39.4 Å². The standard InChI is InChI=1S/C24H34N4O4/c1-24(2,3)25-23(30)17-28-16-22(32-5)21(29)14-19(28)15-26-10-12-27(13-11-26)18-6-8-20(31-4)9-7-18/h6-9,14,16H,10-13,15,17H2,1-5H3,(H,25,30). The Bertz CT molecular complexity index is 971. The van der Waals surface area contributed by atoms with E-state index in [9.17, 15) is 9.59 Å². The molecule has 2 aromatic rings. The minimum Gasteiger partial charge on any atom is -0.497 e. The summed E-state index contributed by atoms with van der Waals surface area (Å²) >= 11 is 0. The van der Waals surface area contributed by atoms with Gasteiger partial charge in [0.1, 0.15) is 12.3 Å². The molecule has 1 aromatic carbocycles. The first-order valence-electron chi connectivity index (χ1n) is 10.9. The molecule has 0 atom stereocenters. The van der Waals surface area contributed by atoms with Gasteiger partial charge >= 0.3 is 0 Å². The number of rotatable bonds is 7. The Balaban J connectivity index is 1.69. The second-order valence-electron chi connectivity index (χ2n) is 9.08. The molecule has 0 saturated carbocycles. The van der Waals surface area contributed by atoms with Crippen LogP contribution in [0.3, 0.4) is 0 Å². The number of benzene rings is 1. The number of piperazine rings is 1. The Labute approximate surface area is 189 Å². The van der Waals surface area contributed by atoms with Gasteiger partial charge in [-0.15, -0.1) is 0 Å². The molecule has 1 aliphatic rings. The van der Waals surface area contributed by atoms with Gasteiger partial charge in [0.15, 0.2) is 5.75 Å². The molecule has 2 heterocycles. The van der Waals surface area contributed by atoms with Crippen LogP contribution in [0.15, 0.2) is 41.3 Å². The van der Waals surface area contributed by atoms with Gasteiger partial charge in [-0.3, -0.25) is 14.5 Å². The van der Waals surface area contributed by atoms with Crippen molar-refractivity contribution in [2.75, 3.05) is 45.3 Å². The fourth-order valence-electron chi connectivity index (χ4n) is 3.83. The topological polar surface area (TPSA) is 76.0 Å². The molecule has 1 aliphatic heterocycles. The average molecular weight is 443 g/mol. The molecular weight excluding hydrogens is 408 g/mol. The molecule has 32 heavy (non-hydrogen) atoms. The van der Waals surface area contributed by atoms with E-state index >= 15 is 0 Å². The number of ether oxygens (including phenoxy) is 2. The van der Waals surface area contributed by atoms with E-state index in [4.69, 9.17) is 9.47 Å². The van der Waals surface area contributed by atoms with E-state index in [2.05, 4.69) is 27.2 Å². The van der Waals surface area contributed by atoms with Crippen molar-refractivity contribution in [3.05, 3.63) is 52.4 Å². The van der Waals surface area contributed by atoms with Gasteiger partial charge in [-0.25, -0.2) is 0 Å². The van der Waals surface area contributed by atoms with Crippen LogP contribution >= 0.6 is 0 Å². The maximum absolute atomic E-state index is 12.5. The van der Waals surface area contributed by atoms with E-state index in [1.165, 1.54) is 12.8 Å². The van der Waals surface area contributed by atoms with Crippen LogP contribution in [0.5, 0.6) is 11.5 Å². The summed E-state index contributed by atoms with van der Waals surface area (Å²) in [6, 6.07) is 9.67. The summed E-state index contributed by atoms with van der Waals surface area (Å²) in [5, 5.41) is 2.97. The van der Waals surface area contributed by atoms with Crippen LogP contribution in [-0.2, 0) is 17.9 Å². The number of carbonyl (C=O) groups is 1.